The Labute approximate surface area is 92.4 Å². The van der Waals surface area contributed by atoms with Gasteiger partial charge in [-0.2, -0.15) is 0 Å². The Balaban J connectivity index is 3.96. The normalized spacial score (nSPS) is 13.4. The summed E-state index contributed by atoms with van der Waals surface area (Å²) < 4.78 is 0. The minimum absolute atomic E-state index is 0.142. The van der Waals surface area contributed by atoms with Gasteiger partial charge < -0.3 is 5.32 Å². The minimum atomic E-state index is 0.142. The first-order valence-electron chi connectivity index (χ1n) is 5.32. The van der Waals surface area contributed by atoms with Gasteiger partial charge in [0.15, 0.2) is 0 Å². The zero-order valence-electron chi connectivity index (χ0n) is 9.64. The van der Waals surface area contributed by atoms with E-state index in [9.17, 15) is 4.79 Å². The summed E-state index contributed by atoms with van der Waals surface area (Å²) in [5.74, 6) is 1.61. The van der Waals surface area contributed by atoms with E-state index in [1.807, 2.05) is 13.8 Å². The highest BCUT2D eigenvalue weighted by Gasteiger charge is 2.15. The molecule has 0 fully saturated rings. The van der Waals surface area contributed by atoms with E-state index in [1.54, 1.807) is 0 Å². The SMILES string of the molecule is CC(C)CC(=O)NC(CCCl)C(C)C. The number of hydrogen-bond acceptors (Lipinski definition) is 1. The van der Waals surface area contributed by atoms with E-state index in [1.165, 1.54) is 0 Å². The summed E-state index contributed by atoms with van der Waals surface area (Å²) in [5, 5.41) is 3.03. The molecule has 1 N–H and O–H groups in total. The Kier molecular flexibility index (Phi) is 6.98. The molecule has 0 aromatic heterocycles. The van der Waals surface area contributed by atoms with Crippen LogP contribution in [0.4, 0.5) is 0 Å². The summed E-state index contributed by atoms with van der Waals surface area (Å²) in [6.45, 7) is 8.30. The van der Waals surface area contributed by atoms with Crippen molar-refractivity contribution in [3.8, 4) is 0 Å². The molecule has 1 atom stereocenters. The largest absolute Gasteiger partial charge is 0.353 e. The van der Waals surface area contributed by atoms with Crippen molar-refractivity contribution in [1.82, 2.24) is 5.32 Å². The van der Waals surface area contributed by atoms with Crippen molar-refractivity contribution in [1.29, 1.82) is 0 Å². The minimum Gasteiger partial charge on any atom is -0.353 e. The van der Waals surface area contributed by atoms with Gasteiger partial charge in [-0.1, -0.05) is 27.7 Å². The maximum atomic E-state index is 11.5. The number of halogens is 1. The van der Waals surface area contributed by atoms with Gasteiger partial charge in [0, 0.05) is 18.3 Å². The van der Waals surface area contributed by atoms with Gasteiger partial charge >= 0.3 is 0 Å². The average molecular weight is 220 g/mol. The van der Waals surface area contributed by atoms with E-state index < -0.39 is 0 Å². The molecule has 0 aromatic carbocycles. The number of rotatable bonds is 6. The summed E-state index contributed by atoms with van der Waals surface area (Å²) in [7, 11) is 0. The summed E-state index contributed by atoms with van der Waals surface area (Å²) in [4.78, 5) is 11.5. The number of amides is 1. The first kappa shape index (κ1) is 13.8. The van der Waals surface area contributed by atoms with Crippen LogP contribution < -0.4 is 5.32 Å². The molecule has 0 aromatic rings. The predicted octanol–water partition coefficient (Wildman–Crippen LogP) is 2.80. The third-order valence-corrected chi connectivity index (χ3v) is 2.38. The maximum Gasteiger partial charge on any atom is 0.220 e. The lowest BCUT2D eigenvalue weighted by Gasteiger charge is -2.21. The van der Waals surface area contributed by atoms with Crippen LogP contribution in [0.1, 0.15) is 40.5 Å². The number of hydrogen-bond donors (Lipinski definition) is 1. The van der Waals surface area contributed by atoms with E-state index in [0.29, 0.717) is 24.1 Å². The molecule has 0 radical (unpaired) electrons. The van der Waals surface area contributed by atoms with Crippen LogP contribution in [0.2, 0.25) is 0 Å². The fourth-order valence-corrected chi connectivity index (χ4v) is 1.56. The van der Waals surface area contributed by atoms with Gasteiger partial charge in [-0.3, -0.25) is 4.79 Å². The number of alkyl halides is 1. The first-order valence-corrected chi connectivity index (χ1v) is 5.86. The number of nitrogens with one attached hydrogen (secondary N) is 1. The molecule has 14 heavy (non-hydrogen) atoms. The predicted molar refractivity (Wildman–Crippen MR) is 61.6 cm³/mol. The van der Waals surface area contributed by atoms with Crippen LogP contribution in [-0.4, -0.2) is 17.8 Å². The quantitative estimate of drug-likeness (QED) is 0.684. The molecule has 0 aliphatic heterocycles. The number of carbonyl (C=O) groups excluding carboxylic acids is 1. The van der Waals surface area contributed by atoms with Crippen LogP contribution in [0.3, 0.4) is 0 Å². The van der Waals surface area contributed by atoms with Crippen LogP contribution in [-0.2, 0) is 4.79 Å². The maximum absolute atomic E-state index is 11.5. The van der Waals surface area contributed by atoms with Gasteiger partial charge in [0.05, 0.1) is 0 Å². The molecule has 0 saturated heterocycles. The van der Waals surface area contributed by atoms with Crippen molar-refractivity contribution in [2.24, 2.45) is 11.8 Å². The Hall–Kier alpha value is -0.240. The van der Waals surface area contributed by atoms with Crippen molar-refractivity contribution >= 4 is 17.5 Å². The van der Waals surface area contributed by atoms with Gasteiger partial charge in [0.1, 0.15) is 0 Å². The molecular formula is C11H22ClNO. The topological polar surface area (TPSA) is 29.1 Å². The summed E-state index contributed by atoms with van der Waals surface area (Å²) >= 11 is 5.68. The molecule has 0 bridgehead atoms. The molecule has 1 unspecified atom stereocenters. The third-order valence-electron chi connectivity index (χ3n) is 2.16. The van der Waals surface area contributed by atoms with E-state index in [-0.39, 0.29) is 11.9 Å². The van der Waals surface area contributed by atoms with E-state index in [4.69, 9.17) is 11.6 Å². The Morgan fingerprint density at radius 2 is 1.86 bits per heavy atom. The zero-order chi connectivity index (χ0) is 11.1. The molecule has 3 heteroatoms. The third kappa shape index (κ3) is 6.25. The monoisotopic (exact) mass is 219 g/mol. The van der Waals surface area contributed by atoms with E-state index >= 15 is 0 Å². The van der Waals surface area contributed by atoms with Gasteiger partial charge in [-0.25, -0.2) is 0 Å². The Morgan fingerprint density at radius 3 is 2.21 bits per heavy atom. The van der Waals surface area contributed by atoms with E-state index in [0.717, 1.165) is 6.42 Å². The molecule has 0 aliphatic carbocycles. The van der Waals surface area contributed by atoms with Crippen molar-refractivity contribution in [3.05, 3.63) is 0 Å². The number of carbonyl (C=O) groups is 1. The Morgan fingerprint density at radius 1 is 1.29 bits per heavy atom. The highest BCUT2D eigenvalue weighted by molar-refractivity contribution is 6.17. The molecular weight excluding hydrogens is 198 g/mol. The molecule has 84 valence electrons. The van der Waals surface area contributed by atoms with Gasteiger partial charge in [-0.15, -0.1) is 11.6 Å². The summed E-state index contributed by atoms with van der Waals surface area (Å²) in [6, 6.07) is 0.221. The Bertz CT molecular complexity index is 169. The van der Waals surface area contributed by atoms with Crippen LogP contribution in [0.25, 0.3) is 0 Å². The van der Waals surface area contributed by atoms with Crippen LogP contribution in [0.15, 0.2) is 0 Å². The van der Waals surface area contributed by atoms with Crippen molar-refractivity contribution < 1.29 is 4.79 Å². The van der Waals surface area contributed by atoms with Crippen molar-refractivity contribution in [2.75, 3.05) is 5.88 Å². The van der Waals surface area contributed by atoms with Gasteiger partial charge in [0.25, 0.3) is 0 Å². The lowest BCUT2D eigenvalue weighted by molar-refractivity contribution is -0.122. The smallest absolute Gasteiger partial charge is 0.220 e. The van der Waals surface area contributed by atoms with Gasteiger partial charge in [0.2, 0.25) is 5.91 Å². The summed E-state index contributed by atoms with van der Waals surface area (Å²) in [5.41, 5.74) is 0. The van der Waals surface area contributed by atoms with Crippen molar-refractivity contribution in [3.63, 3.8) is 0 Å². The second-order valence-electron chi connectivity index (χ2n) is 4.49. The standard InChI is InChI=1S/C11H22ClNO/c1-8(2)7-11(14)13-10(5-6-12)9(3)4/h8-10H,5-7H2,1-4H3,(H,13,14). The van der Waals surface area contributed by atoms with Crippen LogP contribution in [0.5, 0.6) is 0 Å². The zero-order valence-corrected chi connectivity index (χ0v) is 10.4. The molecule has 0 aliphatic rings. The summed E-state index contributed by atoms with van der Waals surface area (Å²) in [6.07, 6.45) is 1.45. The highest BCUT2D eigenvalue weighted by Crippen LogP contribution is 2.08. The molecule has 2 nitrogen and oxygen atoms in total. The lowest BCUT2D eigenvalue weighted by atomic mass is 10.0. The lowest BCUT2D eigenvalue weighted by Crippen LogP contribution is -2.39. The van der Waals surface area contributed by atoms with Crippen molar-refractivity contribution in [2.45, 2.75) is 46.6 Å². The van der Waals surface area contributed by atoms with E-state index in [2.05, 4.69) is 19.2 Å². The second-order valence-corrected chi connectivity index (χ2v) is 4.87. The first-order chi connectivity index (χ1) is 6.47. The molecule has 1 amide bonds. The van der Waals surface area contributed by atoms with Crippen LogP contribution in [0, 0.1) is 11.8 Å². The molecule has 0 heterocycles. The molecule has 0 saturated carbocycles. The fourth-order valence-electron chi connectivity index (χ4n) is 1.33. The highest BCUT2D eigenvalue weighted by atomic mass is 35.5. The average Bonchev–Trinajstić information content (AvgIpc) is 2.01. The van der Waals surface area contributed by atoms with Crippen LogP contribution >= 0.6 is 11.6 Å². The fraction of sp³-hybridized carbons (Fsp3) is 0.909. The van der Waals surface area contributed by atoms with Gasteiger partial charge in [-0.05, 0) is 18.3 Å². The second kappa shape index (κ2) is 7.10. The molecule has 0 rings (SSSR count). The molecule has 0 spiro atoms.